The van der Waals surface area contributed by atoms with E-state index < -0.39 is 0 Å². The third-order valence-corrected chi connectivity index (χ3v) is 5.74. The second-order valence-electron chi connectivity index (χ2n) is 8.04. The number of hydrogen-bond donors (Lipinski definition) is 1. The second kappa shape index (κ2) is 9.34. The van der Waals surface area contributed by atoms with Gasteiger partial charge in [0.1, 0.15) is 18.0 Å². The number of aromatic nitrogens is 2. The number of carbonyl (C=O) groups excluding carboxylic acids is 1. The summed E-state index contributed by atoms with van der Waals surface area (Å²) in [6.07, 6.45) is 3.91. The summed E-state index contributed by atoms with van der Waals surface area (Å²) in [6, 6.07) is 19.2. The third kappa shape index (κ3) is 4.68. The van der Waals surface area contributed by atoms with Crippen molar-refractivity contribution in [3.8, 4) is 5.75 Å². The molecule has 5 rings (SSSR count). The van der Waals surface area contributed by atoms with Crippen LogP contribution >= 0.6 is 0 Å². The molecular weight excluding hydrogens is 416 g/mol. The Bertz CT molecular complexity index is 1260. The minimum Gasteiger partial charge on any atom is -0.486 e. The number of aryl methyl sites for hydroxylation is 1. The largest absolute Gasteiger partial charge is 0.486 e. The number of imidazole rings is 1. The highest BCUT2D eigenvalue weighted by molar-refractivity contribution is 6.06. The van der Waals surface area contributed by atoms with Crippen molar-refractivity contribution in [1.29, 1.82) is 0 Å². The Morgan fingerprint density at radius 1 is 1.06 bits per heavy atom. The Kier molecular flexibility index (Phi) is 5.95. The molecule has 7 heteroatoms. The molecule has 0 radical (unpaired) electrons. The minimum atomic E-state index is -0.212. The van der Waals surface area contributed by atoms with Gasteiger partial charge in [0.25, 0.3) is 5.91 Å². The van der Waals surface area contributed by atoms with Gasteiger partial charge in [-0.05, 0) is 55.0 Å². The van der Waals surface area contributed by atoms with Crippen LogP contribution in [-0.2, 0) is 11.3 Å². The monoisotopic (exact) mass is 442 g/mol. The first-order valence-corrected chi connectivity index (χ1v) is 11.1. The summed E-state index contributed by atoms with van der Waals surface area (Å²) >= 11 is 0. The first-order chi connectivity index (χ1) is 16.2. The van der Waals surface area contributed by atoms with Crippen LogP contribution < -0.4 is 15.0 Å². The molecule has 0 unspecified atom stereocenters. The average molecular weight is 443 g/mol. The fourth-order valence-electron chi connectivity index (χ4n) is 3.98. The van der Waals surface area contributed by atoms with Gasteiger partial charge in [-0.2, -0.15) is 0 Å². The number of rotatable bonds is 6. The van der Waals surface area contributed by atoms with Gasteiger partial charge < -0.3 is 24.1 Å². The molecule has 33 heavy (non-hydrogen) atoms. The van der Waals surface area contributed by atoms with E-state index in [9.17, 15) is 4.79 Å². The van der Waals surface area contributed by atoms with E-state index in [-0.39, 0.29) is 12.5 Å². The van der Waals surface area contributed by atoms with Crippen LogP contribution in [0.1, 0.15) is 21.6 Å². The van der Waals surface area contributed by atoms with Crippen molar-refractivity contribution in [3.63, 3.8) is 0 Å². The van der Waals surface area contributed by atoms with Gasteiger partial charge in [-0.15, -0.1) is 0 Å². The first-order valence-electron chi connectivity index (χ1n) is 11.1. The van der Waals surface area contributed by atoms with Gasteiger partial charge in [-0.3, -0.25) is 4.79 Å². The minimum absolute atomic E-state index is 0.212. The zero-order chi connectivity index (χ0) is 22.6. The van der Waals surface area contributed by atoms with Crippen LogP contribution in [0.3, 0.4) is 0 Å². The molecule has 0 atom stereocenters. The highest BCUT2D eigenvalue weighted by Gasteiger charge is 2.15. The number of nitrogens with zero attached hydrogens (tertiary/aromatic N) is 3. The fraction of sp³-hybridized carbons (Fsp3) is 0.231. The van der Waals surface area contributed by atoms with Gasteiger partial charge >= 0.3 is 0 Å². The molecule has 0 spiro atoms. The van der Waals surface area contributed by atoms with Crippen molar-refractivity contribution >= 4 is 22.9 Å². The van der Waals surface area contributed by atoms with Crippen molar-refractivity contribution in [2.75, 3.05) is 36.5 Å². The van der Waals surface area contributed by atoms with Crippen molar-refractivity contribution in [2.45, 2.75) is 13.5 Å². The molecule has 1 N–H and O–H groups in total. The molecule has 0 aliphatic carbocycles. The molecule has 1 aliphatic rings. The number of amides is 1. The summed E-state index contributed by atoms with van der Waals surface area (Å²) in [4.78, 5) is 19.9. The maximum Gasteiger partial charge on any atom is 0.259 e. The number of fused-ring (bicyclic) bond motifs is 1. The lowest BCUT2D eigenvalue weighted by atomic mass is 10.1. The standard InChI is InChI=1S/C26H26N4O3/c1-19-5-4-12-30-17-21(27-25(19)30)18-33-24-7-3-2-6-23(24)26(31)28-20-8-10-22(11-9-20)29-13-15-32-16-14-29/h2-12,17H,13-16,18H2,1H3,(H,28,31). The van der Waals surface area contributed by atoms with Gasteiger partial charge in [0.2, 0.25) is 0 Å². The molecule has 2 aromatic carbocycles. The summed E-state index contributed by atoms with van der Waals surface area (Å²) in [5.74, 6) is 0.310. The van der Waals surface area contributed by atoms with E-state index in [4.69, 9.17) is 9.47 Å². The zero-order valence-electron chi connectivity index (χ0n) is 18.5. The molecule has 168 valence electrons. The summed E-state index contributed by atoms with van der Waals surface area (Å²) in [5, 5.41) is 2.97. The van der Waals surface area contributed by atoms with E-state index in [1.807, 2.05) is 72.2 Å². The molecule has 1 amide bonds. The van der Waals surface area contributed by atoms with Crippen LogP contribution in [0.4, 0.5) is 11.4 Å². The second-order valence-corrected chi connectivity index (χ2v) is 8.04. The normalized spacial score (nSPS) is 13.8. The van der Waals surface area contributed by atoms with Crippen molar-refractivity contribution in [2.24, 2.45) is 0 Å². The molecule has 1 saturated heterocycles. The van der Waals surface area contributed by atoms with Crippen LogP contribution in [0.15, 0.2) is 73.1 Å². The van der Waals surface area contributed by atoms with E-state index in [1.165, 1.54) is 0 Å². The molecule has 0 bridgehead atoms. The third-order valence-electron chi connectivity index (χ3n) is 5.74. The van der Waals surface area contributed by atoms with Crippen molar-refractivity contribution in [3.05, 3.63) is 89.9 Å². The van der Waals surface area contributed by atoms with Gasteiger partial charge in [0.05, 0.1) is 24.5 Å². The van der Waals surface area contributed by atoms with Crippen LogP contribution in [-0.4, -0.2) is 41.6 Å². The van der Waals surface area contributed by atoms with Crippen molar-refractivity contribution in [1.82, 2.24) is 9.38 Å². The maximum atomic E-state index is 13.0. The molecule has 0 saturated carbocycles. The number of benzene rings is 2. The van der Waals surface area contributed by atoms with E-state index in [0.717, 1.165) is 54.6 Å². The Labute approximate surface area is 192 Å². The SMILES string of the molecule is Cc1cccn2cc(COc3ccccc3C(=O)Nc3ccc(N4CCOCC4)cc3)nc12. The quantitative estimate of drug-likeness (QED) is 0.482. The Morgan fingerprint density at radius 3 is 2.64 bits per heavy atom. The fourth-order valence-corrected chi connectivity index (χ4v) is 3.98. The number of pyridine rings is 1. The van der Waals surface area contributed by atoms with Crippen LogP contribution in [0.2, 0.25) is 0 Å². The number of carbonyl (C=O) groups is 1. The summed E-state index contributed by atoms with van der Waals surface area (Å²) in [7, 11) is 0. The smallest absolute Gasteiger partial charge is 0.259 e. The number of morpholine rings is 1. The van der Waals surface area contributed by atoms with Gasteiger partial charge in [0.15, 0.2) is 0 Å². The lowest BCUT2D eigenvalue weighted by Crippen LogP contribution is -2.36. The maximum absolute atomic E-state index is 13.0. The molecule has 2 aromatic heterocycles. The number of anilines is 2. The van der Waals surface area contributed by atoms with E-state index in [2.05, 4.69) is 15.2 Å². The van der Waals surface area contributed by atoms with E-state index >= 15 is 0 Å². The molecule has 7 nitrogen and oxygen atoms in total. The number of para-hydroxylation sites is 1. The Balaban J connectivity index is 1.26. The molecule has 4 aromatic rings. The molecule has 3 heterocycles. The van der Waals surface area contributed by atoms with Crippen LogP contribution in [0, 0.1) is 6.92 Å². The van der Waals surface area contributed by atoms with Gasteiger partial charge in [-0.1, -0.05) is 18.2 Å². The lowest BCUT2D eigenvalue weighted by Gasteiger charge is -2.28. The highest BCUT2D eigenvalue weighted by Crippen LogP contribution is 2.23. The summed E-state index contributed by atoms with van der Waals surface area (Å²) in [5.41, 5.74) is 5.16. The first kappa shape index (κ1) is 21.0. The number of hydrogen-bond acceptors (Lipinski definition) is 5. The van der Waals surface area contributed by atoms with E-state index in [1.54, 1.807) is 12.1 Å². The predicted molar refractivity (Wildman–Crippen MR) is 128 cm³/mol. The van der Waals surface area contributed by atoms with Gasteiger partial charge in [0, 0.05) is 36.9 Å². The Hall–Kier alpha value is -3.84. The number of ether oxygens (including phenoxy) is 2. The number of nitrogens with one attached hydrogen (secondary N) is 1. The highest BCUT2D eigenvalue weighted by atomic mass is 16.5. The summed E-state index contributed by atoms with van der Waals surface area (Å²) < 4.78 is 13.4. The van der Waals surface area contributed by atoms with Gasteiger partial charge in [-0.25, -0.2) is 4.98 Å². The Morgan fingerprint density at radius 2 is 1.85 bits per heavy atom. The lowest BCUT2D eigenvalue weighted by molar-refractivity contribution is 0.102. The zero-order valence-corrected chi connectivity index (χ0v) is 18.5. The van der Waals surface area contributed by atoms with Crippen molar-refractivity contribution < 1.29 is 14.3 Å². The van der Waals surface area contributed by atoms with E-state index in [0.29, 0.717) is 11.3 Å². The van der Waals surface area contributed by atoms with Crippen LogP contribution in [0.25, 0.3) is 5.65 Å². The molecule has 1 aliphatic heterocycles. The molecule has 1 fully saturated rings. The topological polar surface area (TPSA) is 68.1 Å². The predicted octanol–water partition coefficient (Wildman–Crippen LogP) is 4.31. The summed E-state index contributed by atoms with van der Waals surface area (Å²) in [6.45, 7) is 5.54. The van der Waals surface area contributed by atoms with Crippen LogP contribution in [0.5, 0.6) is 5.75 Å². The molecular formula is C26H26N4O3. The average Bonchev–Trinajstić information content (AvgIpc) is 3.28.